The first-order valence-corrected chi connectivity index (χ1v) is 2.02. The van der Waals surface area contributed by atoms with Crippen molar-refractivity contribution in [3.63, 3.8) is 0 Å². The molecular formula is C4H7O2. The SMILES string of the molecule is O[C@@H]1[CH]OCC1. The summed E-state index contributed by atoms with van der Waals surface area (Å²) in [6.07, 6.45) is 0.463. The van der Waals surface area contributed by atoms with Crippen LogP contribution in [0.3, 0.4) is 0 Å². The molecule has 1 atom stereocenters. The molecule has 1 fully saturated rings. The summed E-state index contributed by atoms with van der Waals surface area (Å²) in [7, 11) is 0. The summed E-state index contributed by atoms with van der Waals surface area (Å²) in [5.41, 5.74) is 0. The van der Waals surface area contributed by atoms with Crippen molar-refractivity contribution < 1.29 is 9.84 Å². The van der Waals surface area contributed by atoms with Crippen molar-refractivity contribution in [1.82, 2.24) is 0 Å². The molecule has 1 heterocycles. The lowest BCUT2D eigenvalue weighted by atomic mass is 10.3. The lowest BCUT2D eigenvalue weighted by molar-refractivity contribution is 0.183. The van der Waals surface area contributed by atoms with E-state index in [4.69, 9.17) is 5.11 Å². The molecule has 0 aromatic rings. The summed E-state index contributed by atoms with van der Waals surface area (Å²) in [6.45, 7) is 2.14. The standard InChI is InChI=1S/C4H7O2/c5-4-1-2-6-3-4/h3-5H,1-2H2/t4-/m0/s1. The molecule has 1 radical (unpaired) electrons. The summed E-state index contributed by atoms with van der Waals surface area (Å²) in [5, 5.41) is 8.55. The van der Waals surface area contributed by atoms with Crippen molar-refractivity contribution in [2.45, 2.75) is 12.5 Å². The Bertz CT molecular complexity index is 38.8. The Morgan fingerprint density at radius 2 is 2.67 bits per heavy atom. The van der Waals surface area contributed by atoms with Crippen molar-refractivity contribution in [1.29, 1.82) is 0 Å². The van der Waals surface area contributed by atoms with Crippen molar-refractivity contribution in [3.05, 3.63) is 6.61 Å². The van der Waals surface area contributed by atoms with Gasteiger partial charge in [0, 0.05) is 6.61 Å². The predicted octanol–water partition coefficient (Wildman–Crippen LogP) is -0.0706. The Hall–Kier alpha value is -0.0800. The summed E-state index contributed by atoms with van der Waals surface area (Å²) in [4.78, 5) is 0. The van der Waals surface area contributed by atoms with Crippen LogP contribution in [-0.2, 0) is 4.74 Å². The Balaban J connectivity index is 2.18. The molecule has 6 heavy (non-hydrogen) atoms. The van der Waals surface area contributed by atoms with E-state index in [1.54, 1.807) is 0 Å². The lowest BCUT2D eigenvalue weighted by Gasteiger charge is -1.88. The van der Waals surface area contributed by atoms with E-state index in [0.717, 1.165) is 6.42 Å². The highest BCUT2D eigenvalue weighted by atomic mass is 16.5. The first-order valence-electron chi connectivity index (χ1n) is 2.02. The molecule has 35 valence electrons. The maximum absolute atomic E-state index is 8.55. The molecule has 0 spiro atoms. The van der Waals surface area contributed by atoms with Crippen molar-refractivity contribution in [2.24, 2.45) is 0 Å². The zero-order valence-electron chi connectivity index (χ0n) is 3.42. The van der Waals surface area contributed by atoms with E-state index in [9.17, 15) is 0 Å². The van der Waals surface area contributed by atoms with Gasteiger partial charge in [-0.2, -0.15) is 0 Å². The van der Waals surface area contributed by atoms with Gasteiger partial charge in [0.1, 0.15) is 6.61 Å². The molecule has 0 aromatic heterocycles. The molecule has 1 aliphatic rings. The van der Waals surface area contributed by atoms with Crippen molar-refractivity contribution in [3.8, 4) is 0 Å². The fourth-order valence-corrected chi connectivity index (χ4v) is 0.436. The van der Waals surface area contributed by atoms with Crippen LogP contribution in [0.4, 0.5) is 0 Å². The second kappa shape index (κ2) is 1.58. The van der Waals surface area contributed by atoms with Crippen LogP contribution < -0.4 is 0 Å². The van der Waals surface area contributed by atoms with E-state index < -0.39 is 0 Å². The van der Waals surface area contributed by atoms with Gasteiger partial charge in [-0.3, -0.25) is 0 Å². The van der Waals surface area contributed by atoms with E-state index in [-0.39, 0.29) is 6.10 Å². The number of aliphatic hydroxyl groups excluding tert-OH is 1. The monoisotopic (exact) mass is 87.0 g/mol. The summed E-state index contributed by atoms with van der Waals surface area (Å²) < 4.78 is 4.68. The minimum atomic E-state index is -0.301. The fourth-order valence-electron chi connectivity index (χ4n) is 0.436. The van der Waals surface area contributed by atoms with E-state index in [1.807, 2.05) is 0 Å². The minimum Gasteiger partial charge on any atom is -0.390 e. The normalized spacial score (nSPS) is 34.5. The lowest BCUT2D eigenvalue weighted by Crippen LogP contribution is -1.96. The molecule has 0 amide bonds. The van der Waals surface area contributed by atoms with Crippen LogP contribution in [0.2, 0.25) is 0 Å². The number of rotatable bonds is 0. The summed E-state index contributed by atoms with van der Waals surface area (Å²) in [6, 6.07) is 0. The van der Waals surface area contributed by atoms with E-state index >= 15 is 0 Å². The molecule has 0 unspecified atom stereocenters. The van der Waals surface area contributed by atoms with E-state index in [1.165, 1.54) is 6.61 Å². The zero-order valence-corrected chi connectivity index (χ0v) is 3.42. The van der Waals surface area contributed by atoms with Gasteiger partial charge in [0.25, 0.3) is 0 Å². The molecule has 1 aliphatic heterocycles. The van der Waals surface area contributed by atoms with Gasteiger partial charge in [-0.15, -0.1) is 0 Å². The van der Waals surface area contributed by atoms with Crippen LogP contribution >= 0.6 is 0 Å². The summed E-state index contributed by atoms with van der Waals surface area (Å²) in [5.74, 6) is 0. The van der Waals surface area contributed by atoms with Gasteiger partial charge >= 0.3 is 0 Å². The largest absolute Gasteiger partial charge is 0.390 e. The average Bonchev–Trinajstić information content (AvgIpc) is 1.86. The van der Waals surface area contributed by atoms with Gasteiger partial charge in [-0.25, -0.2) is 0 Å². The van der Waals surface area contributed by atoms with E-state index in [0.29, 0.717) is 6.61 Å². The third kappa shape index (κ3) is 0.698. The third-order valence-electron chi connectivity index (χ3n) is 0.785. The maximum atomic E-state index is 8.55. The molecule has 2 nitrogen and oxygen atoms in total. The number of hydrogen-bond acceptors (Lipinski definition) is 2. The minimum absolute atomic E-state index is 0.301. The molecule has 2 heteroatoms. The van der Waals surface area contributed by atoms with E-state index in [2.05, 4.69) is 4.74 Å². The Labute approximate surface area is 36.7 Å². The van der Waals surface area contributed by atoms with Crippen LogP contribution in [0.5, 0.6) is 0 Å². The second-order valence-electron chi connectivity index (χ2n) is 1.36. The fraction of sp³-hybridized carbons (Fsp3) is 0.750. The van der Waals surface area contributed by atoms with Crippen molar-refractivity contribution >= 4 is 0 Å². The first kappa shape index (κ1) is 4.09. The van der Waals surface area contributed by atoms with Gasteiger partial charge in [0.15, 0.2) is 0 Å². The van der Waals surface area contributed by atoms with Gasteiger partial charge in [0.05, 0.1) is 6.10 Å². The molecule has 0 aliphatic carbocycles. The average molecular weight is 87.1 g/mol. The quantitative estimate of drug-likeness (QED) is 0.448. The highest BCUT2D eigenvalue weighted by Gasteiger charge is 2.10. The van der Waals surface area contributed by atoms with Gasteiger partial charge in [-0.1, -0.05) is 0 Å². The highest BCUT2D eigenvalue weighted by Crippen LogP contribution is 2.05. The van der Waals surface area contributed by atoms with Crippen LogP contribution in [0, 0.1) is 6.61 Å². The maximum Gasteiger partial charge on any atom is 0.112 e. The Morgan fingerprint density at radius 1 is 1.83 bits per heavy atom. The third-order valence-corrected chi connectivity index (χ3v) is 0.785. The van der Waals surface area contributed by atoms with Crippen LogP contribution in [0.25, 0.3) is 0 Å². The molecular weight excluding hydrogens is 80.0 g/mol. The van der Waals surface area contributed by atoms with Gasteiger partial charge in [0.2, 0.25) is 0 Å². The Morgan fingerprint density at radius 3 is 2.83 bits per heavy atom. The van der Waals surface area contributed by atoms with Crippen LogP contribution in [0.15, 0.2) is 0 Å². The van der Waals surface area contributed by atoms with Gasteiger partial charge < -0.3 is 9.84 Å². The molecule has 0 saturated carbocycles. The number of aliphatic hydroxyl groups is 1. The first-order chi connectivity index (χ1) is 2.89. The highest BCUT2D eigenvalue weighted by molar-refractivity contribution is 4.70. The zero-order chi connectivity index (χ0) is 4.41. The number of hydrogen-bond donors (Lipinski definition) is 1. The topological polar surface area (TPSA) is 29.5 Å². The van der Waals surface area contributed by atoms with Crippen LogP contribution in [0.1, 0.15) is 6.42 Å². The van der Waals surface area contributed by atoms with Crippen LogP contribution in [-0.4, -0.2) is 17.8 Å². The smallest absolute Gasteiger partial charge is 0.112 e. The molecule has 0 aromatic carbocycles. The molecule has 0 bridgehead atoms. The summed E-state index contributed by atoms with van der Waals surface area (Å²) >= 11 is 0. The molecule has 1 rings (SSSR count). The number of ether oxygens (including phenoxy) is 1. The molecule has 1 N–H and O–H groups in total. The molecule has 1 saturated heterocycles. The second-order valence-corrected chi connectivity index (χ2v) is 1.36. The van der Waals surface area contributed by atoms with Crippen molar-refractivity contribution in [2.75, 3.05) is 6.61 Å². The Kier molecular flexibility index (Phi) is 1.08. The van der Waals surface area contributed by atoms with Gasteiger partial charge in [-0.05, 0) is 6.42 Å². The predicted molar refractivity (Wildman–Crippen MR) is 20.9 cm³/mol.